The van der Waals surface area contributed by atoms with Gasteiger partial charge in [0.1, 0.15) is 5.75 Å². The molecule has 4 rings (SSSR count). The zero-order valence-electron chi connectivity index (χ0n) is 15.6. The van der Waals surface area contributed by atoms with E-state index in [1.165, 1.54) is 16.4 Å². The molecule has 2 aliphatic rings. The number of ether oxygens (including phenoxy) is 1. The fourth-order valence-corrected chi connectivity index (χ4v) is 5.38. The molecule has 7 heteroatoms. The highest BCUT2D eigenvalue weighted by atomic mass is 32.2. The first-order chi connectivity index (χ1) is 13.5. The average molecular weight is 401 g/mol. The topological polar surface area (TPSA) is 75.7 Å². The van der Waals surface area contributed by atoms with Crippen molar-refractivity contribution in [1.29, 1.82) is 0 Å². The largest absolute Gasteiger partial charge is 0.484 e. The zero-order valence-corrected chi connectivity index (χ0v) is 16.5. The molecule has 2 aromatic carbocycles. The van der Waals surface area contributed by atoms with Gasteiger partial charge in [-0.1, -0.05) is 31.0 Å². The van der Waals surface area contributed by atoms with Crippen LogP contribution in [0.15, 0.2) is 53.4 Å². The fraction of sp³-hybridized carbons (Fsp3) is 0.381. The van der Waals surface area contributed by atoms with E-state index in [1.54, 1.807) is 12.1 Å². The summed E-state index contributed by atoms with van der Waals surface area (Å²) in [5, 5.41) is 2.96. The van der Waals surface area contributed by atoms with Gasteiger partial charge < -0.3 is 10.1 Å². The van der Waals surface area contributed by atoms with Crippen LogP contribution < -0.4 is 14.4 Å². The molecule has 0 unspecified atom stereocenters. The quantitative estimate of drug-likeness (QED) is 0.809. The van der Waals surface area contributed by atoms with Gasteiger partial charge in [0.05, 0.1) is 10.6 Å². The molecule has 1 amide bonds. The Hall–Kier alpha value is -2.54. The number of fused-ring (bicyclic) bond motifs is 1. The minimum atomic E-state index is -3.62. The third-order valence-corrected chi connectivity index (χ3v) is 7.17. The molecule has 0 radical (unpaired) electrons. The van der Waals surface area contributed by atoms with Gasteiger partial charge in [-0.2, -0.15) is 0 Å². The van der Waals surface area contributed by atoms with E-state index < -0.39 is 10.0 Å². The molecule has 28 heavy (non-hydrogen) atoms. The smallest absolute Gasteiger partial charge is 0.264 e. The van der Waals surface area contributed by atoms with E-state index in [0.29, 0.717) is 18.7 Å². The van der Waals surface area contributed by atoms with Crippen molar-refractivity contribution >= 4 is 21.6 Å². The lowest BCUT2D eigenvalue weighted by Crippen LogP contribution is -2.36. The zero-order chi connectivity index (χ0) is 19.6. The highest BCUT2D eigenvalue weighted by Gasteiger charge is 2.30. The summed E-state index contributed by atoms with van der Waals surface area (Å²) in [5.41, 5.74) is 1.78. The fourth-order valence-electron chi connectivity index (χ4n) is 3.88. The number of hydrogen-bond acceptors (Lipinski definition) is 4. The van der Waals surface area contributed by atoms with Gasteiger partial charge in [-0.15, -0.1) is 0 Å². The van der Waals surface area contributed by atoms with Crippen LogP contribution in [0, 0.1) is 0 Å². The summed E-state index contributed by atoms with van der Waals surface area (Å²) in [6.45, 7) is 0.378. The standard InChI is InChI=1S/C21H24N2O4S/c24-21(22-17-6-2-3-7-17)15-27-18-9-11-19(12-10-18)28(25,26)23-14-13-16-5-1-4-8-20(16)23/h1,4-5,8-12,17H,2-3,6-7,13-15H2,(H,22,24). The van der Waals surface area contributed by atoms with Crippen LogP contribution in [0.2, 0.25) is 0 Å². The van der Waals surface area contributed by atoms with Crippen LogP contribution in [0.25, 0.3) is 0 Å². The number of sulfonamides is 1. The molecule has 1 aliphatic carbocycles. The number of para-hydroxylation sites is 1. The number of anilines is 1. The van der Waals surface area contributed by atoms with E-state index in [9.17, 15) is 13.2 Å². The molecule has 0 atom stereocenters. The van der Waals surface area contributed by atoms with Crippen molar-refractivity contribution in [3.8, 4) is 5.75 Å². The van der Waals surface area contributed by atoms with Crippen LogP contribution >= 0.6 is 0 Å². The van der Waals surface area contributed by atoms with Gasteiger partial charge in [-0.25, -0.2) is 8.42 Å². The molecule has 1 aliphatic heterocycles. The number of rotatable bonds is 6. The van der Waals surface area contributed by atoms with Gasteiger partial charge in [0.2, 0.25) is 0 Å². The maximum Gasteiger partial charge on any atom is 0.264 e. The van der Waals surface area contributed by atoms with Gasteiger partial charge in [0.25, 0.3) is 15.9 Å². The normalized spacial score (nSPS) is 16.8. The number of nitrogens with zero attached hydrogens (tertiary/aromatic N) is 1. The molecule has 0 spiro atoms. The first-order valence-corrected chi connectivity index (χ1v) is 11.1. The maximum atomic E-state index is 13.0. The molecule has 0 saturated heterocycles. The second-order valence-corrected chi connectivity index (χ2v) is 9.13. The molecular formula is C21H24N2O4S. The number of carbonyl (C=O) groups is 1. The predicted octanol–water partition coefficient (Wildman–Crippen LogP) is 2.88. The van der Waals surface area contributed by atoms with E-state index in [-0.39, 0.29) is 23.5 Å². The summed E-state index contributed by atoms with van der Waals surface area (Å²) in [6.07, 6.45) is 5.08. The Bertz CT molecular complexity index is 951. The Morgan fingerprint density at radius 1 is 1.07 bits per heavy atom. The molecule has 1 fully saturated rings. The first-order valence-electron chi connectivity index (χ1n) is 9.67. The SMILES string of the molecule is O=C(COc1ccc(S(=O)(=O)N2CCc3ccccc32)cc1)NC1CCCC1. The third-order valence-electron chi connectivity index (χ3n) is 5.35. The van der Waals surface area contributed by atoms with E-state index in [1.807, 2.05) is 24.3 Å². The summed E-state index contributed by atoms with van der Waals surface area (Å²) < 4.78 is 32.9. The van der Waals surface area contributed by atoms with E-state index in [0.717, 1.165) is 36.9 Å². The molecule has 148 valence electrons. The summed E-state index contributed by atoms with van der Waals surface area (Å²) in [7, 11) is -3.62. The van der Waals surface area contributed by atoms with Crippen LogP contribution in [0.1, 0.15) is 31.2 Å². The van der Waals surface area contributed by atoms with Crippen molar-refractivity contribution < 1.29 is 17.9 Å². The number of amides is 1. The predicted molar refractivity (Wildman–Crippen MR) is 107 cm³/mol. The highest BCUT2D eigenvalue weighted by Crippen LogP contribution is 2.33. The van der Waals surface area contributed by atoms with Gasteiger partial charge in [-0.05, 0) is 55.2 Å². The monoisotopic (exact) mass is 400 g/mol. The Morgan fingerprint density at radius 2 is 1.79 bits per heavy atom. The lowest BCUT2D eigenvalue weighted by molar-refractivity contribution is -0.123. The van der Waals surface area contributed by atoms with Gasteiger partial charge in [-0.3, -0.25) is 9.10 Å². The third kappa shape index (κ3) is 3.85. The maximum absolute atomic E-state index is 13.0. The van der Waals surface area contributed by atoms with Crippen molar-refractivity contribution in [2.45, 2.75) is 43.0 Å². The lowest BCUT2D eigenvalue weighted by Gasteiger charge is -2.19. The molecule has 0 aromatic heterocycles. The van der Waals surface area contributed by atoms with E-state index in [2.05, 4.69) is 5.32 Å². The molecule has 1 heterocycles. The molecular weight excluding hydrogens is 376 g/mol. The average Bonchev–Trinajstić information content (AvgIpc) is 3.36. The van der Waals surface area contributed by atoms with Crippen LogP contribution in [-0.4, -0.2) is 33.5 Å². The molecule has 6 nitrogen and oxygen atoms in total. The molecule has 1 N–H and O–H groups in total. The summed E-state index contributed by atoms with van der Waals surface area (Å²) in [4.78, 5) is 12.2. The van der Waals surface area contributed by atoms with Crippen LogP contribution in [0.4, 0.5) is 5.69 Å². The molecule has 0 bridgehead atoms. The number of hydrogen-bond donors (Lipinski definition) is 1. The minimum Gasteiger partial charge on any atom is -0.484 e. The van der Waals surface area contributed by atoms with E-state index in [4.69, 9.17) is 4.74 Å². The minimum absolute atomic E-state index is 0.0674. The summed E-state index contributed by atoms with van der Waals surface area (Å²) in [5.74, 6) is 0.333. The number of nitrogens with one attached hydrogen (secondary N) is 1. The van der Waals surface area contributed by atoms with Crippen molar-refractivity contribution in [3.63, 3.8) is 0 Å². The molecule has 1 saturated carbocycles. The Kier molecular flexibility index (Phi) is 5.26. The number of carbonyl (C=O) groups excluding carboxylic acids is 1. The van der Waals surface area contributed by atoms with Gasteiger partial charge in [0, 0.05) is 12.6 Å². The number of benzene rings is 2. The second kappa shape index (κ2) is 7.83. The van der Waals surface area contributed by atoms with Crippen molar-refractivity contribution in [2.24, 2.45) is 0 Å². The summed E-state index contributed by atoms with van der Waals surface area (Å²) in [6, 6.07) is 14.1. The second-order valence-electron chi connectivity index (χ2n) is 7.26. The van der Waals surface area contributed by atoms with Crippen molar-refractivity contribution in [2.75, 3.05) is 17.5 Å². The van der Waals surface area contributed by atoms with Crippen molar-refractivity contribution in [1.82, 2.24) is 5.32 Å². The molecule has 2 aromatic rings. The Labute approximate surface area is 165 Å². The highest BCUT2D eigenvalue weighted by molar-refractivity contribution is 7.92. The van der Waals surface area contributed by atoms with Crippen molar-refractivity contribution in [3.05, 3.63) is 54.1 Å². The Balaban J connectivity index is 1.39. The van der Waals surface area contributed by atoms with Crippen LogP contribution in [0.3, 0.4) is 0 Å². The Morgan fingerprint density at radius 3 is 2.54 bits per heavy atom. The lowest BCUT2D eigenvalue weighted by atomic mass is 10.2. The summed E-state index contributed by atoms with van der Waals surface area (Å²) >= 11 is 0. The first kappa shape index (κ1) is 18.8. The van der Waals surface area contributed by atoms with E-state index >= 15 is 0 Å². The van der Waals surface area contributed by atoms with Gasteiger partial charge >= 0.3 is 0 Å². The van der Waals surface area contributed by atoms with Crippen LogP contribution in [-0.2, 0) is 21.2 Å². The van der Waals surface area contributed by atoms with Gasteiger partial charge in [0.15, 0.2) is 6.61 Å². The van der Waals surface area contributed by atoms with Crippen LogP contribution in [0.5, 0.6) is 5.75 Å².